The molecule has 5 N–H and O–H groups in total. The number of rotatable bonds is 1. The molecule has 0 saturated heterocycles. The van der Waals surface area contributed by atoms with Crippen molar-refractivity contribution in [2.24, 2.45) is 10.7 Å². The van der Waals surface area contributed by atoms with Gasteiger partial charge in [0.1, 0.15) is 0 Å². The summed E-state index contributed by atoms with van der Waals surface area (Å²) in [6.45, 7) is 0. The largest absolute Gasteiger partial charge is 0.399 e. The molecule has 2 rings (SSSR count). The average molecular weight is 302 g/mol. The van der Waals surface area contributed by atoms with E-state index in [0.29, 0.717) is 22.8 Å². The molecule has 1 atom stereocenters. The highest BCUT2D eigenvalue weighted by Crippen LogP contribution is 2.35. The van der Waals surface area contributed by atoms with E-state index >= 15 is 0 Å². The van der Waals surface area contributed by atoms with Gasteiger partial charge in [-0.15, -0.1) is 0 Å². The topological polar surface area (TPSA) is 84.6 Å². The SMILES string of the molecule is NC1=NC(O)(c2cc(N)cc(Br)c2)CCS1. The molecular weight excluding hydrogens is 290 g/mol. The first-order valence-electron chi connectivity index (χ1n) is 4.77. The van der Waals surface area contributed by atoms with E-state index in [2.05, 4.69) is 20.9 Å². The molecule has 6 heteroatoms. The van der Waals surface area contributed by atoms with Crippen molar-refractivity contribution >= 4 is 38.5 Å². The van der Waals surface area contributed by atoms with Crippen LogP contribution in [-0.2, 0) is 5.72 Å². The lowest BCUT2D eigenvalue weighted by Gasteiger charge is -2.28. The summed E-state index contributed by atoms with van der Waals surface area (Å²) in [7, 11) is 0. The first-order chi connectivity index (χ1) is 7.49. The smallest absolute Gasteiger partial charge is 0.185 e. The van der Waals surface area contributed by atoms with E-state index in [1.165, 1.54) is 11.8 Å². The van der Waals surface area contributed by atoms with Crippen molar-refractivity contribution in [2.75, 3.05) is 11.5 Å². The summed E-state index contributed by atoms with van der Waals surface area (Å²) in [6, 6.07) is 5.30. The Morgan fingerprint density at radius 1 is 1.38 bits per heavy atom. The number of benzene rings is 1. The number of anilines is 1. The van der Waals surface area contributed by atoms with E-state index in [1.54, 1.807) is 12.1 Å². The van der Waals surface area contributed by atoms with Gasteiger partial charge in [-0.05, 0) is 18.2 Å². The Morgan fingerprint density at radius 2 is 2.12 bits per heavy atom. The zero-order valence-electron chi connectivity index (χ0n) is 8.48. The Bertz CT molecular complexity index is 431. The van der Waals surface area contributed by atoms with Crippen LogP contribution in [0.2, 0.25) is 0 Å². The van der Waals surface area contributed by atoms with Crippen molar-refractivity contribution in [3.63, 3.8) is 0 Å². The number of hydrogen-bond acceptors (Lipinski definition) is 5. The van der Waals surface area contributed by atoms with Gasteiger partial charge in [0, 0.05) is 27.9 Å². The zero-order chi connectivity index (χ0) is 11.8. The number of amidine groups is 1. The third kappa shape index (κ3) is 2.34. The second kappa shape index (κ2) is 4.27. The zero-order valence-corrected chi connectivity index (χ0v) is 10.9. The molecule has 0 fully saturated rings. The molecular formula is C10H12BrN3OS. The standard InChI is InChI=1S/C10H12BrN3OS/c11-7-3-6(4-8(12)5-7)10(15)1-2-16-9(13)14-10/h3-5,15H,1-2,12H2,(H2,13,14). The minimum absolute atomic E-state index is 0.410. The van der Waals surface area contributed by atoms with E-state index in [9.17, 15) is 5.11 Å². The van der Waals surface area contributed by atoms with E-state index in [0.717, 1.165) is 10.2 Å². The van der Waals surface area contributed by atoms with Crippen LogP contribution in [0, 0.1) is 0 Å². The van der Waals surface area contributed by atoms with Gasteiger partial charge >= 0.3 is 0 Å². The van der Waals surface area contributed by atoms with Crippen molar-refractivity contribution in [3.8, 4) is 0 Å². The Balaban J connectivity index is 2.46. The molecule has 1 aromatic carbocycles. The number of nitrogen functional groups attached to an aromatic ring is 1. The fourth-order valence-electron chi connectivity index (χ4n) is 1.62. The molecule has 1 heterocycles. The lowest BCUT2D eigenvalue weighted by Crippen LogP contribution is -2.31. The molecule has 1 aliphatic heterocycles. The van der Waals surface area contributed by atoms with Crippen LogP contribution in [0.25, 0.3) is 0 Å². The van der Waals surface area contributed by atoms with Gasteiger partial charge in [-0.25, -0.2) is 4.99 Å². The van der Waals surface area contributed by atoms with Crippen LogP contribution in [0.4, 0.5) is 5.69 Å². The molecule has 4 nitrogen and oxygen atoms in total. The average Bonchev–Trinajstić information content (AvgIpc) is 2.15. The summed E-state index contributed by atoms with van der Waals surface area (Å²) < 4.78 is 0.822. The number of nitrogens with two attached hydrogens (primary N) is 2. The van der Waals surface area contributed by atoms with Gasteiger partial charge in [0.2, 0.25) is 0 Å². The number of halogens is 1. The van der Waals surface area contributed by atoms with E-state index in [4.69, 9.17) is 11.5 Å². The summed E-state index contributed by atoms with van der Waals surface area (Å²) in [5.74, 6) is 0.748. The van der Waals surface area contributed by atoms with E-state index < -0.39 is 5.72 Å². The number of hydrogen-bond donors (Lipinski definition) is 3. The van der Waals surface area contributed by atoms with Gasteiger partial charge in [0.15, 0.2) is 10.9 Å². The molecule has 0 bridgehead atoms. The number of thioether (sulfide) groups is 1. The summed E-state index contributed by atoms with van der Waals surface area (Å²) in [4.78, 5) is 4.10. The van der Waals surface area contributed by atoms with Crippen LogP contribution >= 0.6 is 27.7 Å². The Morgan fingerprint density at radius 3 is 2.75 bits per heavy atom. The van der Waals surface area contributed by atoms with Crippen molar-refractivity contribution < 1.29 is 5.11 Å². The Labute approximate surface area is 106 Å². The maximum absolute atomic E-state index is 10.4. The third-order valence-corrected chi connectivity index (χ3v) is 3.63. The highest BCUT2D eigenvalue weighted by atomic mass is 79.9. The molecule has 0 saturated carbocycles. The predicted octanol–water partition coefficient (Wildman–Crippen LogP) is 1.63. The third-order valence-electron chi connectivity index (χ3n) is 2.38. The number of aliphatic imine (C=N–C) groups is 1. The normalized spacial score (nSPS) is 25.2. The summed E-state index contributed by atoms with van der Waals surface area (Å²) in [5.41, 5.74) is 11.4. The predicted molar refractivity (Wildman–Crippen MR) is 71.1 cm³/mol. The highest BCUT2D eigenvalue weighted by molar-refractivity contribution is 9.10. The van der Waals surface area contributed by atoms with Gasteiger partial charge in [0.05, 0.1) is 0 Å². The van der Waals surface area contributed by atoms with Crippen LogP contribution in [-0.4, -0.2) is 16.0 Å². The molecule has 0 aliphatic carbocycles. The molecule has 86 valence electrons. The molecule has 0 aromatic heterocycles. The summed E-state index contributed by atoms with van der Waals surface area (Å²) in [5, 5.41) is 10.8. The second-order valence-electron chi connectivity index (χ2n) is 3.64. The number of nitrogens with zero attached hydrogens (tertiary/aromatic N) is 1. The minimum atomic E-state index is -1.24. The number of aliphatic hydroxyl groups is 1. The Hall–Kier alpha value is -0.720. The van der Waals surface area contributed by atoms with Crippen LogP contribution < -0.4 is 11.5 Å². The van der Waals surface area contributed by atoms with Gasteiger partial charge in [-0.2, -0.15) is 0 Å². The molecule has 0 spiro atoms. The monoisotopic (exact) mass is 301 g/mol. The van der Waals surface area contributed by atoms with Crippen molar-refractivity contribution in [2.45, 2.75) is 12.1 Å². The van der Waals surface area contributed by atoms with E-state index in [-0.39, 0.29) is 0 Å². The first-order valence-corrected chi connectivity index (χ1v) is 6.54. The van der Waals surface area contributed by atoms with Crippen molar-refractivity contribution in [1.29, 1.82) is 0 Å². The van der Waals surface area contributed by atoms with Gasteiger partial charge in [0.25, 0.3) is 0 Å². The molecule has 1 aliphatic rings. The molecule has 0 radical (unpaired) electrons. The highest BCUT2D eigenvalue weighted by Gasteiger charge is 2.32. The van der Waals surface area contributed by atoms with Gasteiger partial charge < -0.3 is 16.6 Å². The quantitative estimate of drug-likeness (QED) is 0.688. The maximum atomic E-state index is 10.4. The Kier molecular flexibility index (Phi) is 3.14. The molecule has 16 heavy (non-hydrogen) atoms. The fraction of sp³-hybridized carbons (Fsp3) is 0.300. The first kappa shape index (κ1) is 11.8. The van der Waals surface area contributed by atoms with Gasteiger partial charge in [-0.1, -0.05) is 27.7 Å². The minimum Gasteiger partial charge on any atom is -0.399 e. The maximum Gasteiger partial charge on any atom is 0.185 e. The van der Waals surface area contributed by atoms with Crippen molar-refractivity contribution in [3.05, 3.63) is 28.2 Å². The van der Waals surface area contributed by atoms with Gasteiger partial charge in [-0.3, -0.25) is 0 Å². The fourth-order valence-corrected chi connectivity index (χ4v) is 2.94. The lowest BCUT2D eigenvalue weighted by atomic mass is 10.00. The van der Waals surface area contributed by atoms with Crippen LogP contribution in [0.1, 0.15) is 12.0 Å². The van der Waals surface area contributed by atoms with Crippen LogP contribution in [0.3, 0.4) is 0 Å². The van der Waals surface area contributed by atoms with Crippen LogP contribution in [0.5, 0.6) is 0 Å². The summed E-state index contributed by atoms with van der Waals surface area (Å²) in [6.07, 6.45) is 0.536. The molecule has 0 amide bonds. The summed E-state index contributed by atoms with van der Waals surface area (Å²) >= 11 is 4.79. The van der Waals surface area contributed by atoms with E-state index in [1.807, 2.05) is 6.07 Å². The lowest BCUT2D eigenvalue weighted by molar-refractivity contribution is 0.0428. The van der Waals surface area contributed by atoms with Crippen molar-refractivity contribution in [1.82, 2.24) is 0 Å². The second-order valence-corrected chi connectivity index (χ2v) is 5.67. The van der Waals surface area contributed by atoms with Crippen LogP contribution in [0.15, 0.2) is 27.7 Å². The molecule has 1 unspecified atom stereocenters. The molecule has 1 aromatic rings.